The van der Waals surface area contributed by atoms with Crippen LogP contribution in [0.4, 0.5) is 0 Å². The highest BCUT2D eigenvalue weighted by Crippen LogP contribution is 2.23. The molecule has 0 aliphatic carbocycles. The molecule has 0 N–H and O–H groups in total. The van der Waals surface area contributed by atoms with E-state index < -0.39 is 12.1 Å². The van der Waals surface area contributed by atoms with Crippen molar-refractivity contribution in [2.45, 2.75) is 26.0 Å². The molecule has 0 spiro atoms. The third-order valence-electron chi connectivity index (χ3n) is 4.78. The molecule has 3 aromatic rings. The number of ether oxygens (including phenoxy) is 1. The summed E-state index contributed by atoms with van der Waals surface area (Å²) in [7, 11) is 1.58. The first-order chi connectivity index (χ1) is 15.0. The number of nitrogens with zero attached hydrogens (tertiary/aromatic N) is 4. The molecule has 0 radical (unpaired) electrons. The van der Waals surface area contributed by atoms with Gasteiger partial charge in [-0.15, -0.1) is 0 Å². The molecule has 3 rings (SSSR count). The predicted molar refractivity (Wildman–Crippen MR) is 116 cm³/mol. The van der Waals surface area contributed by atoms with Crippen LogP contribution in [0, 0.1) is 11.3 Å². The van der Waals surface area contributed by atoms with Gasteiger partial charge in [0.05, 0.1) is 19.0 Å². The van der Waals surface area contributed by atoms with Gasteiger partial charge in [-0.05, 0) is 12.5 Å². The number of benzene rings is 2. The molecule has 0 fully saturated rings. The maximum Gasteiger partial charge on any atom is 0.342 e. The lowest BCUT2D eigenvalue weighted by atomic mass is 10.1. The third-order valence-corrected chi connectivity index (χ3v) is 4.78. The standard InChI is InChI=1S/C24H24N4O3/c1-18(23(29)27(2)15-9-14-25)31-24(30)21-17-28(16-19-10-5-3-6-11-19)26-22(21)20-12-7-4-8-13-20/h3-8,10-13,17-18H,9,15-16H2,1-2H3/t18-/m1/s1. The zero-order valence-electron chi connectivity index (χ0n) is 17.6. The van der Waals surface area contributed by atoms with Crippen LogP contribution in [0.5, 0.6) is 0 Å². The summed E-state index contributed by atoms with van der Waals surface area (Å²) in [5.74, 6) is -0.978. The van der Waals surface area contributed by atoms with Gasteiger partial charge in [-0.2, -0.15) is 10.4 Å². The van der Waals surface area contributed by atoms with Gasteiger partial charge in [0, 0.05) is 25.4 Å². The average Bonchev–Trinajstić information content (AvgIpc) is 3.22. The van der Waals surface area contributed by atoms with Gasteiger partial charge in [-0.1, -0.05) is 60.7 Å². The van der Waals surface area contributed by atoms with Gasteiger partial charge in [0.2, 0.25) is 0 Å². The van der Waals surface area contributed by atoms with Crippen LogP contribution >= 0.6 is 0 Å². The van der Waals surface area contributed by atoms with Crippen molar-refractivity contribution in [3.63, 3.8) is 0 Å². The highest BCUT2D eigenvalue weighted by Gasteiger charge is 2.25. The van der Waals surface area contributed by atoms with Crippen LogP contribution in [0.1, 0.15) is 29.3 Å². The molecule has 1 amide bonds. The van der Waals surface area contributed by atoms with E-state index in [4.69, 9.17) is 10.00 Å². The number of likely N-dealkylation sites (N-methyl/N-ethyl adjacent to an activating group) is 1. The van der Waals surface area contributed by atoms with E-state index in [0.717, 1.165) is 11.1 Å². The lowest BCUT2D eigenvalue weighted by molar-refractivity contribution is -0.138. The number of amides is 1. The molecule has 0 unspecified atom stereocenters. The van der Waals surface area contributed by atoms with Gasteiger partial charge in [-0.3, -0.25) is 9.48 Å². The van der Waals surface area contributed by atoms with Gasteiger partial charge in [-0.25, -0.2) is 4.79 Å². The Morgan fingerprint density at radius 1 is 1.13 bits per heavy atom. The Kier molecular flexibility index (Phi) is 7.17. The van der Waals surface area contributed by atoms with E-state index in [9.17, 15) is 9.59 Å². The summed E-state index contributed by atoms with van der Waals surface area (Å²) in [6, 6.07) is 21.2. The number of hydrogen-bond donors (Lipinski definition) is 0. The first-order valence-corrected chi connectivity index (χ1v) is 9.99. The zero-order valence-corrected chi connectivity index (χ0v) is 17.6. The number of esters is 1. The minimum atomic E-state index is -0.975. The largest absolute Gasteiger partial charge is 0.449 e. The number of aromatic nitrogens is 2. The summed E-state index contributed by atoms with van der Waals surface area (Å²) < 4.78 is 7.15. The third kappa shape index (κ3) is 5.58. The molecular weight excluding hydrogens is 392 g/mol. The van der Waals surface area contributed by atoms with Crippen molar-refractivity contribution in [3.8, 4) is 17.3 Å². The Morgan fingerprint density at radius 3 is 2.42 bits per heavy atom. The second kappa shape index (κ2) is 10.2. The molecule has 7 heteroatoms. The van der Waals surface area contributed by atoms with Crippen molar-refractivity contribution in [2.24, 2.45) is 0 Å². The van der Waals surface area contributed by atoms with Gasteiger partial charge >= 0.3 is 5.97 Å². The number of nitriles is 1. The van der Waals surface area contributed by atoms with Crippen LogP contribution in [0.3, 0.4) is 0 Å². The van der Waals surface area contributed by atoms with Crippen molar-refractivity contribution in [3.05, 3.63) is 78.0 Å². The molecular formula is C24H24N4O3. The fraction of sp³-hybridized carbons (Fsp3) is 0.250. The van der Waals surface area contributed by atoms with Crippen LogP contribution in [0.15, 0.2) is 66.9 Å². The quantitative estimate of drug-likeness (QED) is 0.524. The number of carbonyl (C=O) groups excluding carboxylic acids is 2. The highest BCUT2D eigenvalue weighted by molar-refractivity contribution is 5.97. The molecule has 0 bridgehead atoms. The SMILES string of the molecule is C[C@@H](OC(=O)c1cn(Cc2ccccc2)nc1-c1ccccc1)C(=O)N(C)CCC#N. The summed E-state index contributed by atoms with van der Waals surface area (Å²) in [6.45, 7) is 2.31. The second-order valence-corrected chi connectivity index (χ2v) is 7.16. The lowest BCUT2D eigenvalue weighted by Gasteiger charge is -2.20. The Labute approximate surface area is 181 Å². The molecule has 158 valence electrons. The maximum atomic E-state index is 13.0. The van der Waals surface area contributed by atoms with E-state index in [2.05, 4.69) is 5.10 Å². The van der Waals surface area contributed by atoms with E-state index >= 15 is 0 Å². The normalized spacial score (nSPS) is 11.4. The van der Waals surface area contributed by atoms with Crippen molar-refractivity contribution in [2.75, 3.05) is 13.6 Å². The highest BCUT2D eigenvalue weighted by atomic mass is 16.5. The van der Waals surface area contributed by atoms with Gasteiger partial charge in [0.1, 0.15) is 11.3 Å². The Morgan fingerprint density at radius 2 is 1.77 bits per heavy atom. The topological polar surface area (TPSA) is 88.2 Å². The van der Waals surface area contributed by atoms with Crippen molar-refractivity contribution >= 4 is 11.9 Å². The molecule has 1 aromatic heterocycles. The van der Waals surface area contributed by atoms with Crippen molar-refractivity contribution < 1.29 is 14.3 Å². The van der Waals surface area contributed by atoms with E-state index in [-0.39, 0.29) is 18.9 Å². The summed E-state index contributed by atoms with van der Waals surface area (Å²) in [5, 5.41) is 13.3. The summed E-state index contributed by atoms with van der Waals surface area (Å²) in [4.78, 5) is 26.8. The molecule has 31 heavy (non-hydrogen) atoms. The molecule has 0 aliphatic rings. The summed E-state index contributed by atoms with van der Waals surface area (Å²) in [6.07, 6.45) is 0.888. The van der Waals surface area contributed by atoms with Crippen molar-refractivity contribution in [1.82, 2.24) is 14.7 Å². The van der Waals surface area contributed by atoms with Gasteiger partial charge in [0.25, 0.3) is 5.91 Å². The average molecular weight is 416 g/mol. The monoisotopic (exact) mass is 416 g/mol. The summed E-state index contributed by atoms with van der Waals surface area (Å²) >= 11 is 0. The van der Waals surface area contributed by atoms with Crippen molar-refractivity contribution in [1.29, 1.82) is 5.26 Å². The molecule has 1 heterocycles. The molecule has 1 atom stereocenters. The Hall–Kier alpha value is -3.92. The predicted octanol–water partition coefficient (Wildman–Crippen LogP) is 3.52. The Bertz CT molecular complexity index is 1070. The molecule has 7 nitrogen and oxygen atoms in total. The van der Waals surface area contributed by atoms with Crippen LogP contribution < -0.4 is 0 Å². The molecule has 2 aromatic carbocycles. The van der Waals surface area contributed by atoms with Gasteiger partial charge in [0.15, 0.2) is 6.10 Å². The van der Waals surface area contributed by atoms with E-state index in [1.165, 1.54) is 11.8 Å². The van der Waals surface area contributed by atoms with E-state index in [1.807, 2.05) is 66.7 Å². The van der Waals surface area contributed by atoms with Crippen LogP contribution in [-0.4, -0.2) is 46.3 Å². The fourth-order valence-corrected chi connectivity index (χ4v) is 3.14. The molecule has 0 saturated heterocycles. The number of hydrogen-bond acceptors (Lipinski definition) is 5. The first kappa shape index (κ1) is 21.8. The second-order valence-electron chi connectivity index (χ2n) is 7.16. The maximum absolute atomic E-state index is 13.0. The lowest BCUT2D eigenvalue weighted by Crippen LogP contribution is -2.37. The Balaban J connectivity index is 1.83. The molecule has 0 aliphatic heterocycles. The minimum Gasteiger partial charge on any atom is -0.449 e. The van der Waals surface area contributed by atoms with Gasteiger partial charge < -0.3 is 9.64 Å². The van der Waals surface area contributed by atoms with Crippen LogP contribution in [0.25, 0.3) is 11.3 Å². The molecule has 0 saturated carbocycles. The number of carbonyl (C=O) groups is 2. The fourth-order valence-electron chi connectivity index (χ4n) is 3.14. The first-order valence-electron chi connectivity index (χ1n) is 9.99. The van der Waals surface area contributed by atoms with E-state index in [1.54, 1.807) is 17.9 Å². The zero-order chi connectivity index (χ0) is 22.2. The minimum absolute atomic E-state index is 0.216. The van der Waals surface area contributed by atoms with Crippen LogP contribution in [0.2, 0.25) is 0 Å². The smallest absolute Gasteiger partial charge is 0.342 e. The summed E-state index contributed by atoms with van der Waals surface area (Å²) in [5.41, 5.74) is 2.62. The van der Waals surface area contributed by atoms with Crippen LogP contribution in [-0.2, 0) is 16.1 Å². The van der Waals surface area contributed by atoms with E-state index in [0.29, 0.717) is 17.8 Å². The number of rotatable bonds is 8.